The lowest BCUT2D eigenvalue weighted by atomic mass is 10.0. The van der Waals surface area contributed by atoms with Crippen molar-refractivity contribution in [3.05, 3.63) is 53.6 Å². The summed E-state index contributed by atoms with van der Waals surface area (Å²) in [6, 6.07) is 14.5. The molecule has 1 N–H and O–H groups in total. The average molecular weight is 378 g/mol. The zero-order chi connectivity index (χ0) is 19.5. The van der Waals surface area contributed by atoms with Gasteiger partial charge in [0.2, 0.25) is 0 Å². The lowest BCUT2D eigenvalue weighted by Crippen LogP contribution is -2.36. The highest BCUT2D eigenvalue weighted by Crippen LogP contribution is 2.31. The molecule has 2 heterocycles. The maximum atomic E-state index is 8.97. The molecular weight excluding hydrogens is 352 g/mol. The van der Waals surface area contributed by atoms with Crippen LogP contribution in [-0.4, -0.2) is 49.6 Å². The van der Waals surface area contributed by atoms with E-state index in [1.165, 1.54) is 22.2 Å². The molecule has 1 aromatic heterocycles. The molecule has 1 fully saturated rings. The fourth-order valence-electron chi connectivity index (χ4n) is 3.71. The number of hydrogen-bond acceptors (Lipinski definition) is 5. The van der Waals surface area contributed by atoms with Gasteiger partial charge in [0.15, 0.2) is 0 Å². The van der Waals surface area contributed by atoms with Gasteiger partial charge in [0.05, 0.1) is 31.0 Å². The van der Waals surface area contributed by atoms with Crippen LogP contribution >= 0.6 is 0 Å². The van der Waals surface area contributed by atoms with E-state index in [4.69, 9.17) is 19.6 Å². The minimum Gasteiger partial charge on any atom is -0.491 e. The Balaban J connectivity index is 1.73. The van der Waals surface area contributed by atoms with Crippen molar-refractivity contribution >= 4 is 16.6 Å². The monoisotopic (exact) mass is 378 g/mol. The number of ether oxygens (including phenoxy) is 2. The Bertz CT molecular complexity index is 981. The van der Waals surface area contributed by atoms with Crippen LogP contribution in [0.2, 0.25) is 0 Å². The van der Waals surface area contributed by atoms with Crippen molar-refractivity contribution in [2.24, 2.45) is 0 Å². The van der Waals surface area contributed by atoms with Crippen molar-refractivity contribution in [1.82, 2.24) is 4.98 Å². The first-order valence-corrected chi connectivity index (χ1v) is 9.74. The van der Waals surface area contributed by atoms with Crippen molar-refractivity contribution in [2.45, 2.75) is 13.8 Å². The van der Waals surface area contributed by atoms with Crippen molar-refractivity contribution in [1.29, 1.82) is 0 Å². The summed E-state index contributed by atoms with van der Waals surface area (Å²) in [5.41, 5.74) is 6.61. The number of morpholine rings is 1. The van der Waals surface area contributed by atoms with Crippen molar-refractivity contribution in [3.63, 3.8) is 0 Å². The Kier molecular flexibility index (Phi) is 5.46. The fourth-order valence-corrected chi connectivity index (χ4v) is 3.71. The third-order valence-corrected chi connectivity index (χ3v) is 5.16. The van der Waals surface area contributed by atoms with E-state index in [1.807, 2.05) is 24.3 Å². The third-order valence-electron chi connectivity index (χ3n) is 5.16. The van der Waals surface area contributed by atoms with Gasteiger partial charge in [0, 0.05) is 29.7 Å². The number of pyridine rings is 1. The fraction of sp³-hybridized carbons (Fsp3) is 0.348. The average Bonchev–Trinajstić information content (AvgIpc) is 2.73. The Morgan fingerprint density at radius 1 is 1.07 bits per heavy atom. The van der Waals surface area contributed by atoms with Crippen molar-refractivity contribution in [2.75, 3.05) is 44.4 Å². The van der Waals surface area contributed by atoms with Gasteiger partial charge < -0.3 is 19.5 Å². The number of benzene rings is 2. The summed E-state index contributed by atoms with van der Waals surface area (Å²) < 4.78 is 11.0. The van der Waals surface area contributed by atoms with Gasteiger partial charge >= 0.3 is 0 Å². The van der Waals surface area contributed by atoms with Crippen LogP contribution in [0, 0.1) is 13.8 Å². The number of nitrogens with zero attached hydrogens (tertiary/aromatic N) is 2. The molecular formula is C23H26N2O3. The molecule has 0 radical (unpaired) electrons. The molecule has 0 amide bonds. The first-order valence-electron chi connectivity index (χ1n) is 9.74. The number of rotatable bonds is 5. The Morgan fingerprint density at radius 3 is 2.68 bits per heavy atom. The molecule has 5 heteroatoms. The van der Waals surface area contributed by atoms with E-state index in [0.29, 0.717) is 0 Å². The highest BCUT2D eigenvalue weighted by atomic mass is 16.5. The quantitative estimate of drug-likeness (QED) is 0.733. The Morgan fingerprint density at radius 2 is 1.89 bits per heavy atom. The lowest BCUT2D eigenvalue weighted by molar-refractivity contribution is 0.122. The zero-order valence-electron chi connectivity index (χ0n) is 16.4. The molecule has 28 heavy (non-hydrogen) atoms. The maximum Gasteiger partial charge on any atom is 0.120 e. The van der Waals surface area contributed by atoms with E-state index < -0.39 is 0 Å². The second kappa shape index (κ2) is 8.17. The summed E-state index contributed by atoms with van der Waals surface area (Å²) >= 11 is 0. The van der Waals surface area contributed by atoms with Gasteiger partial charge in [-0.3, -0.25) is 0 Å². The SMILES string of the molecule is Cc1cc(-c2cccc(OCCO)c2)nc2c(C)cc(N3CCOCC3)cc12. The molecule has 1 aliphatic heterocycles. The number of aryl methyl sites for hydroxylation is 2. The second-order valence-electron chi connectivity index (χ2n) is 7.18. The molecule has 146 valence electrons. The predicted octanol–water partition coefficient (Wildman–Crippen LogP) is 3.73. The summed E-state index contributed by atoms with van der Waals surface area (Å²) in [4.78, 5) is 7.35. The summed E-state index contributed by atoms with van der Waals surface area (Å²) in [6.45, 7) is 7.97. The number of hydrogen-bond donors (Lipinski definition) is 1. The van der Waals surface area contributed by atoms with Crippen LogP contribution in [0.4, 0.5) is 5.69 Å². The van der Waals surface area contributed by atoms with Gasteiger partial charge in [0.25, 0.3) is 0 Å². The molecule has 0 saturated carbocycles. The Hall–Kier alpha value is -2.63. The summed E-state index contributed by atoms with van der Waals surface area (Å²) in [5, 5.41) is 10.2. The number of aliphatic hydroxyl groups excluding tert-OH is 1. The van der Waals surface area contributed by atoms with Crippen LogP contribution in [0.3, 0.4) is 0 Å². The molecule has 0 unspecified atom stereocenters. The Labute approximate surface area is 165 Å². The third kappa shape index (κ3) is 3.81. The maximum absolute atomic E-state index is 8.97. The molecule has 1 saturated heterocycles. The zero-order valence-corrected chi connectivity index (χ0v) is 16.4. The molecule has 3 aromatic rings. The van der Waals surface area contributed by atoms with Crippen LogP contribution in [0.15, 0.2) is 42.5 Å². The van der Waals surface area contributed by atoms with E-state index in [0.717, 1.165) is 48.8 Å². The highest BCUT2D eigenvalue weighted by molar-refractivity contribution is 5.90. The minimum absolute atomic E-state index is 0.00221. The largest absolute Gasteiger partial charge is 0.491 e. The molecule has 0 bridgehead atoms. The van der Waals surface area contributed by atoms with Gasteiger partial charge in [0.1, 0.15) is 12.4 Å². The van der Waals surface area contributed by atoms with Crippen LogP contribution in [0.25, 0.3) is 22.2 Å². The van der Waals surface area contributed by atoms with E-state index in [9.17, 15) is 0 Å². The van der Waals surface area contributed by atoms with E-state index in [-0.39, 0.29) is 13.2 Å². The first kappa shape index (κ1) is 18.7. The van der Waals surface area contributed by atoms with E-state index >= 15 is 0 Å². The normalized spacial score (nSPS) is 14.5. The van der Waals surface area contributed by atoms with Gasteiger partial charge in [-0.25, -0.2) is 4.98 Å². The van der Waals surface area contributed by atoms with Crippen LogP contribution in [0.1, 0.15) is 11.1 Å². The summed E-state index contributed by atoms with van der Waals surface area (Å²) in [5.74, 6) is 0.741. The number of anilines is 1. The number of aromatic nitrogens is 1. The van der Waals surface area contributed by atoms with Gasteiger partial charge in [-0.1, -0.05) is 12.1 Å². The standard InChI is InChI=1S/C23H26N2O3/c1-16-13-22(18-4-3-5-20(14-18)28-11-8-26)24-23-17(2)12-19(15-21(16)23)25-6-9-27-10-7-25/h3-5,12-15,26H,6-11H2,1-2H3. The number of aliphatic hydroxyl groups is 1. The topological polar surface area (TPSA) is 54.8 Å². The molecule has 5 nitrogen and oxygen atoms in total. The molecule has 0 atom stereocenters. The smallest absolute Gasteiger partial charge is 0.120 e. The van der Waals surface area contributed by atoms with Crippen molar-refractivity contribution < 1.29 is 14.6 Å². The van der Waals surface area contributed by atoms with E-state index in [1.54, 1.807) is 0 Å². The molecule has 0 spiro atoms. The highest BCUT2D eigenvalue weighted by Gasteiger charge is 2.15. The van der Waals surface area contributed by atoms with Gasteiger partial charge in [-0.2, -0.15) is 0 Å². The first-order chi connectivity index (χ1) is 13.7. The van der Waals surface area contributed by atoms with Gasteiger partial charge in [-0.05, 0) is 55.3 Å². The second-order valence-corrected chi connectivity index (χ2v) is 7.18. The summed E-state index contributed by atoms with van der Waals surface area (Å²) in [7, 11) is 0. The molecule has 2 aromatic carbocycles. The minimum atomic E-state index is 0.00221. The van der Waals surface area contributed by atoms with Crippen LogP contribution < -0.4 is 9.64 Å². The molecule has 0 aliphatic carbocycles. The number of fused-ring (bicyclic) bond motifs is 1. The van der Waals surface area contributed by atoms with E-state index in [2.05, 4.69) is 36.9 Å². The lowest BCUT2D eigenvalue weighted by Gasteiger charge is -2.29. The van der Waals surface area contributed by atoms with Crippen LogP contribution in [-0.2, 0) is 4.74 Å². The van der Waals surface area contributed by atoms with Crippen LogP contribution in [0.5, 0.6) is 5.75 Å². The molecule has 1 aliphatic rings. The predicted molar refractivity (Wildman–Crippen MR) is 112 cm³/mol. The van der Waals surface area contributed by atoms with Crippen molar-refractivity contribution in [3.8, 4) is 17.0 Å². The van der Waals surface area contributed by atoms with Gasteiger partial charge in [-0.15, -0.1) is 0 Å². The molecule has 4 rings (SSSR count). The summed E-state index contributed by atoms with van der Waals surface area (Å²) in [6.07, 6.45) is 0.